The van der Waals surface area contributed by atoms with Crippen molar-refractivity contribution >= 4 is 11.6 Å². The smallest absolute Gasteiger partial charge is 0.0802 e. The van der Waals surface area contributed by atoms with E-state index in [1.807, 2.05) is 24.3 Å². The second-order valence-corrected chi connectivity index (χ2v) is 6.04. The molecule has 0 amide bonds. The second-order valence-electron chi connectivity index (χ2n) is 5.60. The van der Waals surface area contributed by atoms with Crippen LogP contribution in [0.5, 0.6) is 0 Å². The predicted molar refractivity (Wildman–Crippen MR) is 80.5 cm³/mol. The van der Waals surface area contributed by atoms with E-state index in [1.165, 1.54) is 25.8 Å². The molecule has 106 valence electrons. The first-order chi connectivity index (χ1) is 9.19. The van der Waals surface area contributed by atoms with Gasteiger partial charge in [-0.15, -0.1) is 0 Å². The molecule has 1 unspecified atom stereocenters. The first kappa shape index (κ1) is 14.8. The van der Waals surface area contributed by atoms with Crippen LogP contribution < -0.4 is 0 Å². The highest BCUT2D eigenvalue weighted by atomic mass is 35.5. The van der Waals surface area contributed by atoms with Gasteiger partial charge in [-0.3, -0.25) is 0 Å². The van der Waals surface area contributed by atoms with E-state index >= 15 is 0 Å². The third-order valence-corrected chi connectivity index (χ3v) is 3.94. The van der Waals surface area contributed by atoms with Gasteiger partial charge < -0.3 is 10.0 Å². The first-order valence-electron chi connectivity index (χ1n) is 7.35. The van der Waals surface area contributed by atoms with E-state index < -0.39 is 6.10 Å². The lowest BCUT2D eigenvalue weighted by Crippen LogP contribution is -2.29. The van der Waals surface area contributed by atoms with Gasteiger partial charge in [0, 0.05) is 18.1 Å². The molecule has 2 nitrogen and oxygen atoms in total. The lowest BCUT2D eigenvalue weighted by atomic mass is 10.1. The Morgan fingerprint density at radius 1 is 1.37 bits per heavy atom. The van der Waals surface area contributed by atoms with E-state index in [0.717, 1.165) is 31.0 Å². The van der Waals surface area contributed by atoms with Crippen LogP contribution in [0.25, 0.3) is 0 Å². The molecule has 1 aromatic rings. The van der Waals surface area contributed by atoms with Crippen LogP contribution >= 0.6 is 11.6 Å². The van der Waals surface area contributed by atoms with Gasteiger partial charge in [0.05, 0.1) is 6.10 Å². The maximum atomic E-state index is 10.2. The van der Waals surface area contributed by atoms with Crippen LogP contribution in [0.15, 0.2) is 24.3 Å². The number of aliphatic hydroxyl groups is 1. The Kier molecular flexibility index (Phi) is 5.68. The van der Waals surface area contributed by atoms with Gasteiger partial charge in [0.25, 0.3) is 0 Å². The highest BCUT2D eigenvalue weighted by molar-refractivity contribution is 6.30. The topological polar surface area (TPSA) is 23.5 Å². The Hall–Kier alpha value is -0.570. The minimum Gasteiger partial charge on any atom is -0.388 e. The zero-order valence-electron chi connectivity index (χ0n) is 11.7. The van der Waals surface area contributed by atoms with E-state index in [4.69, 9.17) is 11.6 Å². The molecule has 1 aliphatic carbocycles. The van der Waals surface area contributed by atoms with Gasteiger partial charge in [-0.2, -0.15) is 0 Å². The number of halogens is 1. The molecule has 1 aromatic carbocycles. The van der Waals surface area contributed by atoms with Crippen LogP contribution in [0, 0.1) is 5.92 Å². The van der Waals surface area contributed by atoms with Gasteiger partial charge >= 0.3 is 0 Å². The Labute approximate surface area is 121 Å². The summed E-state index contributed by atoms with van der Waals surface area (Å²) in [7, 11) is 0. The molecular formula is C16H24ClNO. The fourth-order valence-electron chi connectivity index (χ4n) is 2.46. The van der Waals surface area contributed by atoms with Gasteiger partial charge in [-0.25, -0.2) is 0 Å². The van der Waals surface area contributed by atoms with Crippen LogP contribution in [0.1, 0.15) is 44.3 Å². The van der Waals surface area contributed by atoms with Crippen LogP contribution in [0.3, 0.4) is 0 Å². The first-order valence-corrected chi connectivity index (χ1v) is 7.72. The zero-order valence-corrected chi connectivity index (χ0v) is 12.4. The van der Waals surface area contributed by atoms with Gasteiger partial charge in [-0.05, 0) is 55.8 Å². The molecule has 1 saturated carbocycles. The van der Waals surface area contributed by atoms with Crippen molar-refractivity contribution in [3.8, 4) is 0 Å². The molecule has 19 heavy (non-hydrogen) atoms. The van der Waals surface area contributed by atoms with Crippen LogP contribution in [0.2, 0.25) is 5.02 Å². The number of nitrogens with zero attached hydrogens (tertiary/aromatic N) is 1. The standard InChI is InChI=1S/C16H24ClNO/c1-2-9-18(12-13-6-7-13)10-8-16(19)14-4-3-5-15(17)11-14/h3-5,11,13,16,19H,2,6-10,12H2,1H3. The average molecular weight is 282 g/mol. The monoisotopic (exact) mass is 281 g/mol. The number of aliphatic hydroxyl groups excluding tert-OH is 1. The molecule has 3 heteroatoms. The zero-order chi connectivity index (χ0) is 13.7. The minimum atomic E-state index is -0.405. The van der Waals surface area contributed by atoms with Crippen molar-refractivity contribution in [2.24, 2.45) is 5.92 Å². The van der Waals surface area contributed by atoms with Gasteiger partial charge in [0.15, 0.2) is 0 Å². The van der Waals surface area contributed by atoms with Crippen LogP contribution in [-0.2, 0) is 0 Å². The van der Waals surface area contributed by atoms with E-state index in [2.05, 4.69) is 11.8 Å². The highest BCUT2D eigenvalue weighted by Gasteiger charge is 2.24. The predicted octanol–water partition coefficient (Wildman–Crippen LogP) is 3.89. The largest absolute Gasteiger partial charge is 0.388 e. The molecule has 0 saturated heterocycles. The van der Waals surface area contributed by atoms with Crippen molar-refractivity contribution in [1.29, 1.82) is 0 Å². The SMILES string of the molecule is CCCN(CCC(O)c1cccc(Cl)c1)CC1CC1. The third kappa shape index (κ3) is 5.13. The van der Waals surface area contributed by atoms with Crippen LogP contribution in [0.4, 0.5) is 0 Å². The van der Waals surface area contributed by atoms with Gasteiger partial charge in [-0.1, -0.05) is 30.7 Å². The van der Waals surface area contributed by atoms with Crippen molar-refractivity contribution in [1.82, 2.24) is 4.90 Å². The van der Waals surface area contributed by atoms with Gasteiger partial charge in [0.2, 0.25) is 0 Å². The summed E-state index contributed by atoms with van der Waals surface area (Å²) in [4.78, 5) is 2.49. The summed E-state index contributed by atoms with van der Waals surface area (Å²) in [6.07, 6.45) is 4.33. The summed E-state index contributed by atoms with van der Waals surface area (Å²) in [5, 5.41) is 10.9. The summed E-state index contributed by atoms with van der Waals surface area (Å²) in [5.74, 6) is 0.912. The average Bonchev–Trinajstić information content (AvgIpc) is 3.20. The van der Waals surface area contributed by atoms with Crippen molar-refractivity contribution in [3.05, 3.63) is 34.9 Å². The maximum Gasteiger partial charge on any atom is 0.0802 e. The Morgan fingerprint density at radius 3 is 2.79 bits per heavy atom. The number of benzene rings is 1. The Bertz CT molecular complexity index is 392. The van der Waals surface area contributed by atoms with E-state index in [1.54, 1.807) is 0 Å². The minimum absolute atomic E-state index is 0.405. The van der Waals surface area contributed by atoms with Crippen molar-refractivity contribution in [2.75, 3.05) is 19.6 Å². The molecule has 0 aliphatic heterocycles. The fourth-order valence-corrected chi connectivity index (χ4v) is 2.66. The van der Waals surface area contributed by atoms with Crippen LogP contribution in [-0.4, -0.2) is 29.6 Å². The molecule has 2 rings (SSSR count). The molecule has 0 radical (unpaired) electrons. The molecule has 1 fully saturated rings. The molecule has 0 aromatic heterocycles. The summed E-state index contributed by atoms with van der Waals surface area (Å²) in [6, 6.07) is 7.54. The Morgan fingerprint density at radius 2 is 2.16 bits per heavy atom. The molecular weight excluding hydrogens is 258 g/mol. The van der Waals surface area contributed by atoms with Crippen molar-refractivity contribution in [3.63, 3.8) is 0 Å². The molecule has 0 bridgehead atoms. The maximum absolute atomic E-state index is 10.2. The Balaban J connectivity index is 1.81. The summed E-state index contributed by atoms with van der Waals surface area (Å²) in [5.41, 5.74) is 0.926. The normalized spacial score (nSPS) is 16.8. The number of hydrogen-bond acceptors (Lipinski definition) is 2. The van der Waals surface area contributed by atoms with E-state index in [9.17, 15) is 5.11 Å². The molecule has 0 spiro atoms. The lowest BCUT2D eigenvalue weighted by molar-refractivity contribution is 0.140. The van der Waals surface area contributed by atoms with Crippen molar-refractivity contribution in [2.45, 2.75) is 38.7 Å². The lowest BCUT2D eigenvalue weighted by Gasteiger charge is -2.23. The highest BCUT2D eigenvalue weighted by Crippen LogP contribution is 2.30. The summed E-state index contributed by atoms with van der Waals surface area (Å²) < 4.78 is 0. The summed E-state index contributed by atoms with van der Waals surface area (Å²) >= 11 is 5.96. The second kappa shape index (κ2) is 7.28. The molecule has 1 aliphatic rings. The molecule has 1 atom stereocenters. The van der Waals surface area contributed by atoms with E-state index in [-0.39, 0.29) is 0 Å². The molecule has 1 N–H and O–H groups in total. The fraction of sp³-hybridized carbons (Fsp3) is 0.625. The van der Waals surface area contributed by atoms with Crippen molar-refractivity contribution < 1.29 is 5.11 Å². The molecule has 0 heterocycles. The third-order valence-electron chi connectivity index (χ3n) is 3.71. The summed E-state index contributed by atoms with van der Waals surface area (Å²) in [6.45, 7) is 5.53. The number of rotatable bonds is 8. The van der Waals surface area contributed by atoms with Gasteiger partial charge in [0.1, 0.15) is 0 Å². The quantitative estimate of drug-likeness (QED) is 0.781. The van der Waals surface area contributed by atoms with E-state index in [0.29, 0.717) is 5.02 Å². The number of hydrogen-bond donors (Lipinski definition) is 1.